The molecule has 1 aliphatic heterocycles. The van der Waals surface area contributed by atoms with E-state index in [9.17, 15) is 14.4 Å². The van der Waals surface area contributed by atoms with Gasteiger partial charge in [-0.05, 0) is 52.3 Å². The lowest BCUT2D eigenvalue weighted by Crippen LogP contribution is -2.46. The van der Waals surface area contributed by atoms with Gasteiger partial charge in [0.25, 0.3) is 5.91 Å². The molecule has 2 heterocycles. The summed E-state index contributed by atoms with van der Waals surface area (Å²) in [7, 11) is 0. The standard InChI is InChI=1S/C25H33FN4O4/c1-5-28-8-10-29(11-9-28)21-13-20-17(12-19(21)26)23(32)18(14-30(20)16-6-7-16)24(33)34-15-22(31)27-25(2,3)4/h12-14,16H,5-11,15H2,1-4H3,(H,27,31). The summed E-state index contributed by atoms with van der Waals surface area (Å²) in [5.74, 6) is -1.82. The normalized spacial score (nSPS) is 17.1. The fourth-order valence-corrected chi connectivity index (χ4v) is 4.37. The van der Waals surface area contributed by atoms with Crippen molar-refractivity contribution in [1.82, 2.24) is 14.8 Å². The fraction of sp³-hybridized carbons (Fsp3) is 0.560. The van der Waals surface area contributed by atoms with Crippen LogP contribution < -0.4 is 15.6 Å². The highest BCUT2D eigenvalue weighted by Gasteiger charge is 2.29. The number of fused-ring (bicyclic) bond motifs is 1. The van der Waals surface area contributed by atoms with Crippen molar-refractivity contribution in [2.45, 2.75) is 52.1 Å². The molecule has 0 spiro atoms. The van der Waals surface area contributed by atoms with Crippen molar-refractivity contribution >= 4 is 28.5 Å². The number of hydrogen-bond donors (Lipinski definition) is 1. The van der Waals surface area contributed by atoms with Crippen molar-refractivity contribution in [1.29, 1.82) is 0 Å². The molecule has 184 valence electrons. The maximum absolute atomic E-state index is 15.2. The van der Waals surface area contributed by atoms with Gasteiger partial charge in [0.15, 0.2) is 6.61 Å². The first-order chi connectivity index (χ1) is 16.1. The molecule has 0 radical (unpaired) electrons. The van der Waals surface area contributed by atoms with Crippen LogP contribution in [0, 0.1) is 5.82 Å². The zero-order valence-corrected chi connectivity index (χ0v) is 20.3. The van der Waals surface area contributed by atoms with Crippen molar-refractivity contribution < 1.29 is 18.7 Å². The molecule has 8 nitrogen and oxygen atoms in total. The van der Waals surface area contributed by atoms with E-state index in [1.807, 2.05) is 30.2 Å². The molecule has 1 saturated carbocycles. The van der Waals surface area contributed by atoms with E-state index in [0.717, 1.165) is 32.5 Å². The first-order valence-electron chi connectivity index (χ1n) is 11.9. The van der Waals surface area contributed by atoms with Crippen LogP contribution in [-0.4, -0.2) is 66.2 Å². The zero-order chi connectivity index (χ0) is 24.6. The van der Waals surface area contributed by atoms with E-state index in [2.05, 4.69) is 17.1 Å². The third-order valence-electron chi connectivity index (χ3n) is 6.27. The van der Waals surface area contributed by atoms with Gasteiger partial charge in [-0.3, -0.25) is 9.59 Å². The van der Waals surface area contributed by atoms with E-state index in [1.54, 1.807) is 6.07 Å². The number of halogens is 1. The van der Waals surface area contributed by atoms with Crippen LogP contribution in [0.15, 0.2) is 23.1 Å². The Hall–Kier alpha value is -2.94. The van der Waals surface area contributed by atoms with Crippen LogP contribution in [-0.2, 0) is 9.53 Å². The molecule has 1 N–H and O–H groups in total. The second-order valence-corrected chi connectivity index (χ2v) is 10.1. The number of benzene rings is 1. The second-order valence-electron chi connectivity index (χ2n) is 10.1. The third-order valence-corrected chi connectivity index (χ3v) is 6.27. The topological polar surface area (TPSA) is 83.9 Å². The number of rotatable bonds is 6. The van der Waals surface area contributed by atoms with Crippen LogP contribution in [0.2, 0.25) is 0 Å². The largest absolute Gasteiger partial charge is 0.452 e. The van der Waals surface area contributed by atoms with Gasteiger partial charge >= 0.3 is 5.97 Å². The van der Waals surface area contributed by atoms with Crippen LogP contribution in [0.25, 0.3) is 10.9 Å². The summed E-state index contributed by atoms with van der Waals surface area (Å²) in [4.78, 5) is 42.2. The van der Waals surface area contributed by atoms with E-state index < -0.39 is 35.3 Å². The lowest BCUT2D eigenvalue weighted by molar-refractivity contribution is -0.125. The molecule has 1 saturated heterocycles. The monoisotopic (exact) mass is 472 g/mol. The number of ether oxygens (including phenoxy) is 1. The predicted molar refractivity (Wildman–Crippen MR) is 129 cm³/mol. The molecular weight excluding hydrogens is 439 g/mol. The van der Waals surface area contributed by atoms with Crippen molar-refractivity contribution in [2.75, 3.05) is 44.2 Å². The van der Waals surface area contributed by atoms with Crippen LogP contribution in [0.5, 0.6) is 0 Å². The molecule has 1 aromatic heterocycles. The lowest BCUT2D eigenvalue weighted by Gasteiger charge is -2.35. The summed E-state index contributed by atoms with van der Waals surface area (Å²) in [6.07, 6.45) is 3.34. The number of anilines is 1. The second kappa shape index (κ2) is 9.37. The molecule has 1 aromatic carbocycles. The van der Waals surface area contributed by atoms with Gasteiger partial charge < -0.3 is 24.4 Å². The molecule has 2 aliphatic rings. The number of carbonyl (C=O) groups is 2. The number of aromatic nitrogens is 1. The summed E-state index contributed by atoms with van der Waals surface area (Å²) < 4.78 is 22.2. The summed E-state index contributed by atoms with van der Waals surface area (Å²) in [6.45, 7) is 11.2. The number of nitrogens with zero attached hydrogens (tertiary/aromatic N) is 3. The van der Waals surface area contributed by atoms with Gasteiger partial charge in [-0.1, -0.05) is 6.92 Å². The van der Waals surface area contributed by atoms with Crippen molar-refractivity contribution in [3.8, 4) is 0 Å². The third kappa shape index (κ3) is 5.24. The molecule has 1 aliphatic carbocycles. The predicted octanol–water partition coefficient (Wildman–Crippen LogP) is 2.69. The average Bonchev–Trinajstić information content (AvgIpc) is 3.62. The molecule has 0 bridgehead atoms. The van der Waals surface area contributed by atoms with Gasteiger partial charge in [-0.2, -0.15) is 0 Å². The van der Waals surface area contributed by atoms with Gasteiger partial charge in [0, 0.05) is 49.3 Å². The Morgan fingerprint density at radius 1 is 1.15 bits per heavy atom. The highest BCUT2D eigenvalue weighted by molar-refractivity contribution is 5.95. The molecule has 2 aromatic rings. The molecule has 34 heavy (non-hydrogen) atoms. The van der Waals surface area contributed by atoms with E-state index in [0.29, 0.717) is 24.3 Å². The number of carbonyl (C=O) groups excluding carboxylic acids is 2. The summed E-state index contributed by atoms with van der Waals surface area (Å²) in [5, 5.41) is 2.85. The van der Waals surface area contributed by atoms with Crippen LogP contribution in [0.4, 0.5) is 10.1 Å². The fourth-order valence-electron chi connectivity index (χ4n) is 4.37. The van der Waals surface area contributed by atoms with E-state index >= 15 is 4.39 Å². The minimum Gasteiger partial charge on any atom is -0.452 e. The maximum atomic E-state index is 15.2. The Kier molecular flexibility index (Phi) is 6.66. The Labute approximate surface area is 198 Å². The van der Waals surface area contributed by atoms with Crippen LogP contribution in [0.3, 0.4) is 0 Å². The Bertz CT molecular complexity index is 1160. The van der Waals surface area contributed by atoms with Crippen LogP contribution >= 0.6 is 0 Å². The summed E-state index contributed by atoms with van der Waals surface area (Å²) in [6, 6.07) is 3.12. The number of nitrogens with one attached hydrogen (secondary N) is 1. The number of piperazine rings is 1. The van der Waals surface area contributed by atoms with Gasteiger partial charge in [-0.15, -0.1) is 0 Å². The number of esters is 1. The van der Waals surface area contributed by atoms with E-state index in [-0.39, 0.29) is 17.0 Å². The van der Waals surface area contributed by atoms with Gasteiger partial charge in [0.05, 0.1) is 11.2 Å². The first-order valence-corrected chi connectivity index (χ1v) is 11.9. The molecule has 4 rings (SSSR count). The number of pyridine rings is 1. The highest BCUT2D eigenvalue weighted by Crippen LogP contribution is 2.38. The number of amides is 1. The Morgan fingerprint density at radius 3 is 2.41 bits per heavy atom. The number of likely N-dealkylation sites (N-methyl/N-ethyl adjacent to an activating group) is 1. The summed E-state index contributed by atoms with van der Waals surface area (Å²) in [5.41, 5.74) is -0.153. The average molecular weight is 473 g/mol. The van der Waals surface area contributed by atoms with Gasteiger partial charge in [-0.25, -0.2) is 9.18 Å². The molecule has 0 atom stereocenters. The zero-order valence-electron chi connectivity index (χ0n) is 20.3. The van der Waals surface area contributed by atoms with Crippen molar-refractivity contribution in [3.63, 3.8) is 0 Å². The van der Waals surface area contributed by atoms with Crippen molar-refractivity contribution in [3.05, 3.63) is 39.9 Å². The van der Waals surface area contributed by atoms with E-state index in [1.165, 1.54) is 12.3 Å². The smallest absolute Gasteiger partial charge is 0.344 e. The van der Waals surface area contributed by atoms with Crippen LogP contribution in [0.1, 0.15) is 56.9 Å². The minimum absolute atomic E-state index is 0.147. The molecule has 1 amide bonds. The number of hydrogen-bond acceptors (Lipinski definition) is 6. The highest BCUT2D eigenvalue weighted by atomic mass is 19.1. The molecule has 2 fully saturated rings. The first kappa shape index (κ1) is 24.2. The van der Waals surface area contributed by atoms with Gasteiger partial charge in [0.2, 0.25) is 5.43 Å². The quantitative estimate of drug-likeness (QED) is 0.651. The van der Waals surface area contributed by atoms with Crippen molar-refractivity contribution in [2.24, 2.45) is 0 Å². The van der Waals surface area contributed by atoms with Gasteiger partial charge in [0.1, 0.15) is 11.4 Å². The Morgan fingerprint density at radius 2 is 1.82 bits per heavy atom. The van der Waals surface area contributed by atoms with E-state index in [4.69, 9.17) is 4.74 Å². The SMILES string of the molecule is CCN1CCN(c2cc3c(cc2F)c(=O)c(C(=O)OCC(=O)NC(C)(C)C)cn3C2CC2)CC1. The summed E-state index contributed by atoms with van der Waals surface area (Å²) >= 11 is 0. The minimum atomic E-state index is -0.884. The Balaban J connectivity index is 1.64. The molecule has 0 unspecified atom stereocenters. The lowest BCUT2D eigenvalue weighted by atomic mass is 10.1. The maximum Gasteiger partial charge on any atom is 0.344 e. The molecular formula is C25H33FN4O4. The molecule has 9 heteroatoms.